The average Bonchev–Trinajstić information content (AvgIpc) is 2.30. The summed E-state index contributed by atoms with van der Waals surface area (Å²) >= 11 is 0. The molecule has 1 aliphatic carbocycles. The predicted octanol–water partition coefficient (Wildman–Crippen LogP) is 3.08. The molecule has 3 unspecified atom stereocenters. The van der Waals surface area contributed by atoms with Crippen molar-refractivity contribution >= 4 is 0 Å². The lowest BCUT2D eigenvalue weighted by Crippen LogP contribution is -2.36. The summed E-state index contributed by atoms with van der Waals surface area (Å²) in [6.07, 6.45) is 3.92. The van der Waals surface area contributed by atoms with Gasteiger partial charge in [-0.3, -0.25) is 0 Å². The highest BCUT2D eigenvalue weighted by molar-refractivity contribution is 4.81. The Morgan fingerprint density at radius 1 is 1.12 bits per heavy atom. The maximum absolute atomic E-state index is 6.02. The lowest BCUT2D eigenvalue weighted by Gasteiger charge is -2.37. The molecule has 0 aromatic carbocycles. The average molecular weight is 244 g/mol. The topological polar surface area (TPSA) is 27.7 Å². The van der Waals surface area contributed by atoms with E-state index in [4.69, 9.17) is 14.2 Å². The molecule has 0 amide bonds. The lowest BCUT2D eigenvalue weighted by atomic mass is 9.75. The van der Waals surface area contributed by atoms with E-state index in [0.717, 1.165) is 5.92 Å². The van der Waals surface area contributed by atoms with Gasteiger partial charge < -0.3 is 14.2 Å². The lowest BCUT2D eigenvalue weighted by molar-refractivity contribution is -0.165. The molecule has 1 aliphatic rings. The Morgan fingerprint density at radius 2 is 1.76 bits per heavy atom. The van der Waals surface area contributed by atoms with Crippen molar-refractivity contribution in [3.8, 4) is 0 Å². The molecule has 1 fully saturated rings. The van der Waals surface area contributed by atoms with Gasteiger partial charge in [0.15, 0.2) is 6.29 Å². The van der Waals surface area contributed by atoms with Gasteiger partial charge >= 0.3 is 0 Å². The van der Waals surface area contributed by atoms with E-state index >= 15 is 0 Å². The van der Waals surface area contributed by atoms with E-state index in [1.54, 1.807) is 14.2 Å². The van der Waals surface area contributed by atoms with Crippen LogP contribution in [-0.2, 0) is 14.2 Å². The minimum Gasteiger partial charge on any atom is -0.373 e. The van der Waals surface area contributed by atoms with Gasteiger partial charge in [0.05, 0.1) is 12.7 Å². The molecule has 3 heteroatoms. The first-order chi connectivity index (χ1) is 8.08. The molecule has 0 bridgehead atoms. The van der Waals surface area contributed by atoms with Gasteiger partial charge in [0.2, 0.25) is 0 Å². The molecule has 0 saturated heterocycles. The molecule has 0 aromatic rings. The molecule has 0 N–H and O–H groups in total. The van der Waals surface area contributed by atoms with E-state index in [1.165, 1.54) is 19.3 Å². The normalized spacial score (nSPS) is 30.2. The molecule has 0 aromatic heterocycles. The second-order valence-electron chi connectivity index (χ2n) is 5.60. The minimum absolute atomic E-state index is 0.236. The van der Waals surface area contributed by atoms with Crippen LogP contribution < -0.4 is 0 Å². The molecule has 0 radical (unpaired) electrons. The minimum atomic E-state index is -0.236. The monoisotopic (exact) mass is 244 g/mol. The van der Waals surface area contributed by atoms with E-state index in [2.05, 4.69) is 20.8 Å². The Balaban J connectivity index is 2.46. The predicted molar refractivity (Wildman–Crippen MR) is 68.9 cm³/mol. The van der Waals surface area contributed by atoms with Gasteiger partial charge in [-0.15, -0.1) is 0 Å². The van der Waals surface area contributed by atoms with Crippen molar-refractivity contribution in [3.05, 3.63) is 0 Å². The van der Waals surface area contributed by atoms with Crippen molar-refractivity contribution in [2.45, 2.75) is 52.4 Å². The standard InChI is InChI=1S/C14H28O3/c1-10(2)12-7-6-11(3)8-13(12)17-9-14(15-4)16-5/h10-14H,6-9H2,1-5H3. The van der Waals surface area contributed by atoms with Gasteiger partial charge in [0.1, 0.15) is 0 Å². The second-order valence-corrected chi connectivity index (χ2v) is 5.60. The van der Waals surface area contributed by atoms with Crippen LogP contribution in [0, 0.1) is 17.8 Å². The van der Waals surface area contributed by atoms with Crippen LogP contribution in [-0.4, -0.2) is 33.2 Å². The van der Waals surface area contributed by atoms with Gasteiger partial charge in [-0.05, 0) is 30.6 Å². The number of hydrogen-bond acceptors (Lipinski definition) is 3. The summed E-state index contributed by atoms with van der Waals surface area (Å²) in [6, 6.07) is 0. The molecule has 1 saturated carbocycles. The van der Waals surface area contributed by atoms with Crippen LogP contribution in [0.4, 0.5) is 0 Å². The maximum atomic E-state index is 6.02. The molecule has 3 atom stereocenters. The van der Waals surface area contributed by atoms with E-state index in [9.17, 15) is 0 Å². The third kappa shape index (κ3) is 4.57. The molecule has 102 valence electrons. The first-order valence-electron chi connectivity index (χ1n) is 6.75. The van der Waals surface area contributed by atoms with Crippen LogP contribution >= 0.6 is 0 Å². The van der Waals surface area contributed by atoms with Crippen molar-refractivity contribution in [3.63, 3.8) is 0 Å². The van der Waals surface area contributed by atoms with Gasteiger partial charge in [0, 0.05) is 14.2 Å². The Morgan fingerprint density at radius 3 is 2.29 bits per heavy atom. The summed E-state index contributed by atoms with van der Waals surface area (Å²) in [5, 5.41) is 0. The molecule has 0 aliphatic heterocycles. The van der Waals surface area contributed by atoms with E-state index < -0.39 is 0 Å². The summed E-state index contributed by atoms with van der Waals surface area (Å²) in [6.45, 7) is 7.44. The smallest absolute Gasteiger partial charge is 0.180 e. The fourth-order valence-electron chi connectivity index (χ4n) is 2.74. The fourth-order valence-corrected chi connectivity index (χ4v) is 2.74. The number of hydrogen-bond donors (Lipinski definition) is 0. The van der Waals surface area contributed by atoms with Crippen molar-refractivity contribution < 1.29 is 14.2 Å². The molecule has 3 nitrogen and oxygen atoms in total. The number of methoxy groups -OCH3 is 2. The van der Waals surface area contributed by atoms with Crippen LogP contribution in [0.1, 0.15) is 40.0 Å². The van der Waals surface area contributed by atoms with Crippen LogP contribution in [0.3, 0.4) is 0 Å². The largest absolute Gasteiger partial charge is 0.373 e. The number of ether oxygens (including phenoxy) is 3. The summed E-state index contributed by atoms with van der Waals surface area (Å²) in [5.41, 5.74) is 0. The van der Waals surface area contributed by atoms with E-state index in [0.29, 0.717) is 24.5 Å². The Kier molecular flexibility index (Phi) is 6.45. The van der Waals surface area contributed by atoms with Crippen molar-refractivity contribution in [2.24, 2.45) is 17.8 Å². The number of rotatable bonds is 6. The highest BCUT2D eigenvalue weighted by Crippen LogP contribution is 2.35. The van der Waals surface area contributed by atoms with Crippen LogP contribution in [0.15, 0.2) is 0 Å². The summed E-state index contributed by atoms with van der Waals surface area (Å²) in [5.74, 6) is 2.15. The quantitative estimate of drug-likeness (QED) is 0.672. The van der Waals surface area contributed by atoms with Gasteiger partial charge in [-0.25, -0.2) is 0 Å². The summed E-state index contributed by atoms with van der Waals surface area (Å²) in [4.78, 5) is 0. The van der Waals surface area contributed by atoms with Crippen molar-refractivity contribution in [2.75, 3.05) is 20.8 Å². The fraction of sp³-hybridized carbons (Fsp3) is 1.00. The summed E-state index contributed by atoms with van der Waals surface area (Å²) < 4.78 is 16.4. The van der Waals surface area contributed by atoms with Crippen LogP contribution in [0.2, 0.25) is 0 Å². The first-order valence-corrected chi connectivity index (χ1v) is 6.75. The van der Waals surface area contributed by atoms with E-state index in [-0.39, 0.29) is 6.29 Å². The SMILES string of the molecule is COC(COC1CC(C)CCC1C(C)C)OC. The molecule has 1 rings (SSSR count). The van der Waals surface area contributed by atoms with Crippen LogP contribution in [0.25, 0.3) is 0 Å². The van der Waals surface area contributed by atoms with Crippen LogP contribution in [0.5, 0.6) is 0 Å². The summed E-state index contributed by atoms with van der Waals surface area (Å²) in [7, 11) is 3.31. The Bertz CT molecular complexity index is 202. The van der Waals surface area contributed by atoms with Gasteiger partial charge in [-0.2, -0.15) is 0 Å². The van der Waals surface area contributed by atoms with Gasteiger partial charge in [-0.1, -0.05) is 27.2 Å². The zero-order valence-corrected chi connectivity index (χ0v) is 11.9. The molecule has 0 spiro atoms. The molecule has 17 heavy (non-hydrogen) atoms. The Labute approximate surface area is 106 Å². The molecule has 0 heterocycles. The van der Waals surface area contributed by atoms with Gasteiger partial charge in [0.25, 0.3) is 0 Å². The van der Waals surface area contributed by atoms with Crippen molar-refractivity contribution in [1.29, 1.82) is 0 Å². The highest BCUT2D eigenvalue weighted by atomic mass is 16.7. The Hall–Kier alpha value is -0.120. The molecular weight excluding hydrogens is 216 g/mol. The first kappa shape index (κ1) is 14.9. The highest BCUT2D eigenvalue weighted by Gasteiger charge is 2.31. The zero-order valence-electron chi connectivity index (χ0n) is 11.9. The van der Waals surface area contributed by atoms with Crippen molar-refractivity contribution in [1.82, 2.24) is 0 Å². The van der Waals surface area contributed by atoms with E-state index in [1.807, 2.05) is 0 Å². The molecular formula is C14H28O3. The second kappa shape index (κ2) is 7.34. The zero-order chi connectivity index (χ0) is 12.8. The third-order valence-electron chi connectivity index (χ3n) is 3.93. The third-order valence-corrected chi connectivity index (χ3v) is 3.93. The maximum Gasteiger partial charge on any atom is 0.180 e.